The van der Waals surface area contributed by atoms with Crippen LogP contribution in [-0.2, 0) is 16.1 Å². The van der Waals surface area contributed by atoms with Gasteiger partial charge in [-0.05, 0) is 30.2 Å². The number of H-pyrrole nitrogens is 1. The number of esters is 1. The fourth-order valence-electron chi connectivity index (χ4n) is 2.95. The molecule has 0 saturated carbocycles. The van der Waals surface area contributed by atoms with E-state index in [9.17, 15) is 9.59 Å². The third kappa shape index (κ3) is 4.17. The highest BCUT2D eigenvalue weighted by molar-refractivity contribution is 9.10. The van der Waals surface area contributed by atoms with Crippen molar-refractivity contribution in [2.24, 2.45) is 5.92 Å². The number of halogens is 1. The van der Waals surface area contributed by atoms with Crippen molar-refractivity contribution in [3.8, 4) is 0 Å². The SMILES string of the molecule is CC[C@H](C(=N)C(=O)OCc1ccccc1)C(=O)c1c[nH]c2ccc(Br)cc12. The van der Waals surface area contributed by atoms with Crippen LogP contribution in [0.25, 0.3) is 10.9 Å². The molecule has 1 atom stereocenters. The van der Waals surface area contributed by atoms with Crippen molar-refractivity contribution >= 4 is 44.3 Å². The highest BCUT2D eigenvalue weighted by Gasteiger charge is 2.30. The van der Waals surface area contributed by atoms with Crippen LogP contribution in [0, 0.1) is 11.3 Å². The highest BCUT2D eigenvalue weighted by atomic mass is 79.9. The summed E-state index contributed by atoms with van der Waals surface area (Å²) in [5, 5.41) is 8.95. The molecule has 2 aromatic carbocycles. The Morgan fingerprint density at radius 2 is 1.93 bits per heavy atom. The zero-order valence-corrected chi connectivity index (χ0v) is 16.4. The van der Waals surface area contributed by atoms with Crippen LogP contribution in [0.5, 0.6) is 0 Å². The maximum atomic E-state index is 13.0. The van der Waals surface area contributed by atoms with E-state index in [0.29, 0.717) is 12.0 Å². The molecule has 0 fully saturated rings. The second-order valence-corrected chi connectivity index (χ2v) is 7.11. The van der Waals surface area contributed by atoms with E-state index in [2.05, 4.69) is 20.9 Å². The molecule has 0 unspecified atom stereocenters. The van der Waals surface area contributed by atoms with Crippen LogP contribution in [0.4, 0.5) is 0 Å². The molecule has 0 aliphatic carbocycles. The molecule has 6 heteroatoms. The number of benzene rings is 2. The third-order valence-electron chi connectivity index (χ3n) is 4.42. The van der Waals surface area contributed by atoms with E-state index in [1.165, 1.54) is 0 Å². The lowest BCUT2D eigenvalue weighted by Gasteiger charge is -2.14. The maximum Gasteiger partial charge on any atom is 0.353 e. The number of nitrogens with one attached hydrogen (secondary N) is 2. The van der Waals surface area contributed by atoms with Gasteiger partial charge in [-0.2, -0.15) is 0 Å². The monoisotopic (exact) mass is 426 g/mol. The van der Waals surface area contributed by atoms with E-state index >= 15 is 0 Å². The number of hydrogen-bond donors (Lipinski definition) is 2. The predicted octanol–water partition coefficient (Wildman–Crippen LogP) is 4.90. The zero-order valence-electron chi connectivity index (χ0n) is 14.8. The molecule has 3 aromatic rings. The Labute approximate surface area is 165 Å². The fourth-order valence-corrected chi connectivity index (χ4v) is 3.31. The van der Waals surface area contributed by atoms with Gasteiger partial charge in [0.15, 0.2) is 5.78 Å². The van der Waals surface area contributed by atoms with Gasteiger partial charge in [0.25, 0.3) is 0 Å². The van der Waals surface area contributed by atoms with Crippen molar-refractivity contribution in [3.05, 3.63) is 70.3 Å². The van der Waals surface area contributed by atoms with Gasteiger partial charge < -0.3 is 9.72 Å². The smallest absolute Gasteiger partial charge is 0.353 e. The Bertz CT molecular complexity index is 995. The van der Waals surface area contributed by atoms with E-state index in [-0.39, 0.29) is 18.1 Å². The van der Waals surface area contributed by atoms with Crippen LogP contribution >= 0.6 is 15.9 Å². The molecule has 2 N–H and O–H groups in total. The van der Waals surface area contributed by atoms with Crippen molar-refractivity contribution in [3.63, 3.8) is 0 Å². The second kappa shape index (κ2) is 8.31. The van der Waals surface area contributed by atoms with Crippen LogP contribution in [0.2, 0.25) is 0 Å². The van der Waals surface area contributed by atoms with Gasteiger partial charge in [0.2, 0.25) is 0 Å². The molecule has 0 bridgehead atoms. The van der Waals surface area contributed by atoms with E-state index in [1.54, 1.807) is 13.1 Å². The zero-order chi connectivity index (χ0) is 19.4. The van der Waals surface area contributed by atoms with Gasteiger partial charge in [-0.15, -0.1) is 0 Å². The lowest BCUT2D eigenvalue weighted by atomic mass is 9.90. The summed E-state index contributed by atoms with van der Waals surface area (Å²) in [6.45, 7) is 1.86. The summed E-state index contributed by atoms with van der Waals surface area (Å²) < 4.78 is 6.07. The third-order valence-corrected chi connectivity index (χ3v) is 4.91. The Hall–Kier alpha value is -2.73. The van der Waals surface area contributed by atoms with E-state index < -0.39 is 11.9 Å². The maximum absolute atomic E-state index is 13.0. The molecular weight excluding hydrogens is 408 g/mol. The lowest BCUT2D eigenvalue weighted by Crippen LogP contribution is -2.30. The van der Waals surface area contributed by atoms with Crippen LogP contribution in [0.3, 0.4) is 0 Å². The largest absolute Gasteiger partial charge is 0.456 e. The Kier molecular flexibility index (Phi) is 5.86. The van der Waals surface area contributed by atoms with Crippen LogP contribution < -0.4 is 0 Å². The quantitative estimate of drug-likeness (QED) is 0.320. The molecule has 0 aliphatic heterocycles. The Morgan fingerprint density at radius 3 is 2.63 bits per heavy atom. The van der Waals surface area contributed by atoms with Gasteiger partial charge >= 0.3 is 5.97 Å². The molecule has 1 heterocycles. The van der Waals surface area contributed by atoms with Gasteiger partial charge in [0.05, 0.1) is 5.92 Å². The van der Waals surface area contributed by atoms with Gasteiger partial charge in [-0.25, -0.2) is 4.79 Å². The molecule has 27 heavy (non-hydrogen) atoms. The van der Waals surface area contributed by atoms with Gasteiger partial charge in [0.1, 0.15) is 12.3 Å². The van der Waals surface area contributed by atoms with Crippen LogP contribution in [0.1, 0.15) is 29.3 Å². The molecule has 0 aliphatic rings. The van der Waals surface area contributed by atoms with Crippen molar-refractivity contribution in [1.82, 2.24) is 4.98 Å². The fraction of sp³-hybridized carbons (Fsp3) is 0.190. The Balaban J connectivity index is 1.76. The van der Waals surface area contributed by atoms with E-state index in [4.69, 9.17) is 10.1 Å². The average Bonchev–Trinajstić information content (AvgIpc) is 3.10. The molecule has 138 valence electrons. The summed E-state index contributed by atoms with van der Waals surface area (Å²) in [5.74, 6) is -1.87. The minimum Gasteiger partial charge on any atom is -0.456 e. The summed E-state index contributed by atoms with van der Waals surface area (Å²) in [5.41, 5.74) is 1.82. The number of fused-ring (bicyclic) bond motifs is 1. The molecule has 1 aromatic heterocycles. The normalized spacial score (nSPS) is 11.9. The summed E-state index contributed by atoms with van der Waals surface area (Å²) in [7, 11) is 0. The summed E-state index contributed by atoms with van der Waals surface area (Å²) in [4.78, 5) is 28.4. The number of Topliss-reactive ketones (excluding diaryl/α,β-unsaturated/α-hetero) is 1. The topological polar surface area (TPSA) is 83.0 Å². The Morgan fingerprint density at radius 1 is 1.19 bits per heavy atom. The highest BCUT2D eigenvalue weighted by Crippen LogP contribution is 2.26. The number of carbonyl (C=O) groups is 2. The van der Waals surface area contributed by atoms with Crippen molar-refractivity contribution in [2.45, 2.75) is 20.0 Å². The summed E-state index contributed by atoms with van der Waals surface area (Å²) in [6, 6.07) is 14.8. The number of rotatable bonds is 7. The molecule has 0 saturated heterocycles. The molecule has 5 nitrogen and oxygen atoms in total. The second-order valence-electron chi connectivity index (χ2n) is 6.19. The number of ketones is 1. The van der Waals surface area contributed by atoms with Crippen molar-refractivity contribution in [1.29, 1.82) is 5.41 Å². The van der Waals surface area contributed by atoms with Gasteiger partial charge in [-0.3, -0.25) is 10.2 Å². The molecule has 3 rings (SSSR count). The molecule has 0 spiro atoms. The molecule has 0 amide bonds. The molecule has 0 radical (unpaired) electrons. The number of aromatic amines is 1. The van der Waals surface area contributed by atoms with Gasteiger partial charge in [0, 0.05) is 27.1 Å². The van der Waals surface area contributed by atoms with Crippen LogP contribution in [0.15, 0.2) is 59.2 Å². The summed E-state index contributed by atoms with van der Waals surface area (Å²) in [6.07, 6.45) is 1.98. The van der Waals surface area contributed by atoms with Crippen LogP contribution in [-0.4, -0.2) is 22.4 Å². The van der Waals surface area contributed by atoms with Crippen molar-refractivity contribution in [2.75, 3.05) is 0 Å². The average molecular weight is 427 g/mol. The minimum absolute atomic E-state index is 0.0761. The minimum atomic E-state index is -0.841. The first-order chi connectivity index (χ1) is 13.0. The first-order valence-corrected chi connectivity index (χ1v) is 9.41. The lowest BCUT2D eigenvalue weighted by molar-refractivity contribution is -0.137. The molecular formula is C21H19BrN2O3. The first kappa shape index (κ1) is 19.0. The number of carbonyl (C=O) groups excluding carboxylic acids is 2. The number of aromatic nitrogens is 1. The standard InChI is InChI=1S/C21H19BrN2O3/c1-2-15(19(23)21(26)27-12-13-6-4-3-5-7-13)20(25)17-11-24-18-9-8-14(22)10-16(17)18/h3-11,15,23-24H,2,12H2,1H3/t15-/m1/s1. The van der Waals surface area contributed by atoms with Gasteiger partial charge in [-0.1, -0.05) is 53.2 Å². The number of ether oxygens (including phenoxy) is 1. The van der Waals surface area contributed by atoms with Crippen molar-refractivity contribution < 1.29 is 14.3 Å². The summed E-state index contributed by atoms with van der Waals surface area (Å²) >= 11 is 3.41. The van der Waals surface area contributed by atoms with E-state index in [0.717, 1.165) is 20.9 Å². The van der Waals surface area contributed by atoms with E-state index in [1.807, 2.05) is 48.5 Å². The predicted molar refractivity (Wildman–Crippen MR) is 108 cm³/mol. The number of hydrogen-bond acceptors (Lipinski definition) is 4. The first-order valence-electron chi connectivity index (χ1n) is 8.61.